The number of nitrogens with one attached hydrogen (secondary N) is 1. The molecule has 0 aliphatic heterocycles. The molecule has 1 N–H and O–H groups in total. The molecule has 2 rings (SSSR count). The van der Waals surface area contributed by atoms with Gasteiger partial charge < -0.3 is 0 Å². The number of rotatable bonds is 4. The molecule has 6 heteroatoms. The average Bonchev–Trinajstić information content (AvgIpc) is 2.41. The van der Waals surface area contributed by atoms with E-state index < -0.39 is 10.0 Å². The predicted molar refractivity (Wildman–Crippen MR) is 88.2 cm³/mol. The molecule has 2 aromatic rings. The summed E-state index contributed by atoms with van der Waals surface area (Å²) in [6, 6.07) is 14.0. The van der Waals surface area contributed by atoms with Crippen LogP contribution in [-0.2, 0) is 10.0 Å². The van der Waals surface area contributed by atoms with Crippen molar-refractivity contribution >= 4 is 50.1 Å². The molecular weight excluding hydrogens is 393 g/mol. The van der Waals surface area contributed by atoms with Gasteiger partial charge in [0.25, 0.3) is 10.0 Å². The van der Waals surface area contributed by atoms with Crippen LogP contribution in [0, 0.1) is 3.57 Å². The van der Waals surface area contributed by atoms with Gasteiger partial charge in [0.05, 0.1) is 4.90 Å². The van der Waals surface area contributed by atoms with Gasteiger partial charge in [-0.3, -0.25) is 4.72 Å². The van der Waals surface area contributed by atoms with Gasteiger partial charge in [0.2, 0.25) is 0 Å². The molecule has 0 aromatic heterocycles. The lowest BCUT2D eigenvalue weighted by atomic mass is 10.3. The van der Waals surface area contributed by atoms with Gasteiger partial charge >= 0.3 is 0 Å². The van der Waals surface area contributed by atoms with Crippen molar-refractivity contribution in [2.75, 3.05) is 11.0 Å². The quantitative estimate of drug-likeness (QED) is 0.622. The predicted octanol–water partition coefficient (Wildman–Crippen LogP) is 3.81. The van der Waals surface area contributed by atoms with Gasteiger partial charge in [-0.25, -0.2) is 8.42 Å². The van der Waals surface area contributed by atoms with Crippen molar-refractivity contribution in [2.45, 2.75) is 9.79 Å². The Balaban J connectivity index is 2.24. The Morgan fingerprint density at radius 3 is 2.11 bits per heavy atom. The van der Waals surface area contributed by atoms with Gasteiger partial charge in [0.15, 0.2) is 0 Å². The Morgan fingerprint density at radius 1 is 1.00 bits per heavy atom. The normalized spacial score (nSPS) is 11.3. The summed E-state index contributed by atoms with van der Waals surface area (Å²) in [5, 5.41) is 0. The zero-order valence-electron chi connectivity index (χ0n) is 10.1. The number of benzene rings is 2. The second-order valence-corrected chi connectivity index (χ2v) is 7.60. The van der Waals surface area contributed by atoms with Gasteiger partial charge in [0, 0.05) is 14.2 Å². The molecule has 0 amide bonds. The minimum absolute atomic E-state index is 0.267. The van der Waals surface area contributed by atoms with Crippen LogP contribution in [0.4, 0.5) is 5.69 Å². The molecule has 19 heavy (non-hydrogen) atoms. The Morgan fingerprint density at radius 2 is 1.58 bits per heavy atom. The summed E-state index contributed by atoms with van der Waals surface area (Å²) in [4.78, 5) is 1.30. The number of halogens is 1. The molecule has 100 valence electrons. The van der Waals surface area contributed by atoms with E-state index in [1.54, 1.807) is 48.2 Å². The fourth-order valence-corrected chi connectivity index (χ4v) is 3.31. The number of anilines is 1. The third-order valence-electron chi connectivity index (χ3n) is 2.47. The van der Waals surface area contributed by atoms with Crippen molar-refractivity contribution in [1.82, 2.24) is 0 Å². The van der Waals surface area contributed by atoms with Crippen LogP contribution in [-0.4, -0.2) is 14.7 Å². The fraction of sp³-hybridized carbons (Fsp3) is 0.0769. The summed E-state index contributed by atoms with van der Waals surface area (Å²) < 4.78 is 28.0. The van der Waals surface area contributed by atoms with E-state index in [1.807, 2.05) is 18.4 Å². The molecule has 0 aliphatic rings. The van der Waals surface area contributed by atoms with E-state index in [-0.39, 0.29) is 4.90 Å². The van der Waals surface area contributed by atoms with Crippen molar-refractivity contribution in [3.63, 3.8) is 0 Å². The molecule has 3 nitrogen and oxygen atoms in total. The third-order valence-corrected chi connectivity index (χ3v) is 5.33. The van der Waals surface area contributed by atoms with Crippen LogP contribution in [0.1, 0.15) is 0 Å². The van der Waals surface area contributed by atoms with Crippen molar-refractivity contribution in [2.24, 2.45) is 0 Å². The Kier molecular flexibility index (Phi) is 4.75. The van der Waals surface area contributed by atoms with E-state index in [9.17, 15) is 8.42 Å². The first kappa shape index (κ1) is 14.7. The summed E-state index contributed by atoms with van der Waals surface area (Å²) in [5.41, 5.74) is 0.564. The molecule has 2 aromatic carbocycles. The van der Waals surface area contributed by atoms with Crippen LogP contribution < -0.4 is 4.72 Å². The second-order valence-electron chi connectivity index (χ2n) is 3.79. The van der Waals surface area contributed by atoms with E-state index >= 15 is 0 Å². The minimum Gasteiger partial charge on any atom is -0.280 e. The highest BCUT2D eigenvalue weighted by Crippen LogP contribution is 2.20. The second kappa shape index (κ2) is 6.15. The summed E-state index contributed by atoms with van der Waals surface area (Å²) in [5.74, 6) is 0. The van der Waals surface area contributed by atoms with Gasteiger partial charge in [-0.15, -0.1) is 11.8 Å². The van der Waals surface area contributed by atoms with Crippen molar-refractivity contribution in [1.29, 1.82) is 0 Å². The number of thioether (sulfide) groups is 1. The topological polar surface area (TPSA) is 46.2 Å². The van der Waals surface area contributed by atoms with E-state index in [4.69, 9.17) is 0 Å². The number of hydrogen-bond acceptors (Lipinski definition) is 3. The van der Waals surface area contributed by atoms with Crippen molar-refractivity contribution < 1.29 is 8.42 Å². The van der Waals surface area contributed by atoms with Crippen LogP contribution in [0.25, 0.3) is 0 Å². The molecule has 0 spiro atoms. The van der Waals surface area contributed by atoms with Crippen LogP contribution in [0.3, 0.4) is 0 Å². The molecule has 0 bridgehead atoms. The Labute approximate surface area is 131 Å². The SMILES string of the molecule is CSc1ccc(S(=O)(=O)Nc2ccc(I)cc2)cc1. The molecular formula is C13H12INO2S2. The van der Waals surface area contributed by atoms with Crippen LogP contribution >= 0.6 is 34.4 Å². The van der Waals surface area contributed by atoms with E-state index in [0.29, 0.717) is 5.69 Å². The lowest BCUT2D eigenvalue weighted by molar-refractivity contribution is 0.601. The highest BCUT2D eigenvalue weighted by molar-refractivity contribution is 14.1. The Bertz CT molecular complexity index is 652. The first-order valence-corrected chi connectivity index (χ1v) is 9.22. The van der Waals surface area contributed by atoms with Crippen molar-refractivity contribution in [3.8, 4) is 0 Å². The highest BCUT2D eigenvalue weighted by Gasteiger charge is 2.13. The van der Waals surface area contributed by atoms with Gasteiger partial charge in [-0.2, -0.15) is 0 Å². The van der Waals surface area contributed by atoms with Gasteiger partial charge in [-0.05, 0) is 77.4 Å². The lowest BCUT2D eigenvalue weighted by Crippen LogP contribution is -2.12. The summed E-state index contributed by atoms with van der Waals surface area (Å²) >= 11 is 3.75. The summed E-state index contributed by atoms with van der Waals surface area (Å²) in [6.07, 6.45) is 1.95. The molecule has 0 radical (unpaired) electrons. The third kappa shape index (κ3) is 3.87. The lowest BCUT2D eigenvalue weighted by Gasteiger charge is -2.08. The molecule has 0 heterocycles. The summed E-state index contributed by atoms with van der Waals surface area (Å²) in [7, 11) is -3.51. The van der Waals surface area contributed by atoms with Crippen LogP contribution in [0.15, 0.2) is 58.3 Å². The molecule has 0 atom stereocenters. The minimum atomic E-state index is -3.51. The number of sulfonamides is 1. The largest absolute Gasteiger partial charge is 0.280 e. The molecule has 0 fully saturated rings. The van der Waals surface area contributed by atoms with Crippen LogP contribution in [0.2, 0.25) is 0 Å². The maximum absolute atomic E-state index is 12.2. The monoisotopic (exact) mass is 405 g/mol. The average molecular weight is 405 g/mol. The number of hydrogen-bond donors (Lipinski definition) is 1. The van der Waals surface area contributed by atoms with E-state index in [0.717, 1.165) is 8.47 Å². The molecule has 0 saturated carbocycles. The maximum Gasteiger partial charge on any atom is 0.261 e. The maximum atomic E-state index is 12.2. The Hall–Kier alpha value is -0.730. The summed E-state index contributed by atoms with van der Waals surface area (Å²) in [6.45, 7) is 0. The zero-order valence-corrected chi connectivity index (χ0v) is 13.9. The molecule has 0 saturated heterocycles. The van der Waals surface area contributed by atoms with Gasteiger partial charge in [-0.1, -0.05) is 0 Å². The van der Waals surface area contributed by atoms with E-state index in [2.05, 4.69) is 27.3 Å². The first-order chi connectivity index (χ1) is 9.01. The first-order valence-electron chi connectivity index (χ1n) is 5.44. The fourth-order valence-electron chi connectivity index (χ4n) is 1.49. The zero-order chi connectivity index (χ0) is 13.9. The smallest absolute Gasteiger partial charge is 0.261 e. The van der Waals surface area contributed by atoms with Crippen LogP contribution in [0.5, 0.6) is 0 Å². The standard InChI is InChI=1S/C13H12INO2S2/c1-18-12-6-8-13(9-7-12)19(16,17)15-11-4-2-10(14)3-5-11/h2-9,15H,1H3. The molecule has 0 aliphatic carbocycles. The highest BCUT2D eigenvalue weighted by atomic mass is 127. The van der Waals surface area contributed by atoms with Gasteiger partial charge in [0.1, 0.15) is 0 Å². The van der Waals surface area contributed by atoms with Crippen molar-refractivity contribution in [3.05, 3.63) is 52.1 Å². The molecule has 0 unspecified atom stereocenters. The van der Waals surface area contributed by atoms with E-state index in [1.165, 1.54) is 0 Å².